The molecule has 0 fully saturated rings. The molecule has 0 radical (unpaired) electrons. The van der Waals surface area contributed by atoms with Gasteiger partial charge in [0, 0.05) is 47.6 Å². The van der Waals surface area contributed by atoms with E-state index >= 15 is 0 Å². The first kappa shape index (κ1) is 21.3. The first-order valence-electron chi connectivity index (χ1n) is 11.1. The standard InChI is InChI=1S/C28H25N5O/c1-33(2)22-17-15-21(16-18-22)31-28(34)30-20-13-11-19(12-14-20)29-27-23-7-3-5-9-25(23)32-26-10-6-4-8-24(26)27/h3-18H,1-2H3,(H,29,32)(H2,30,31,34). The molecular formula is C28H25N5O. The lowest BCUT2D eigenvalue weighted by Gasteiger charge is -2.14. The molecule has 2 amide bonds. The maximum Gasteiger partial charge on any atom is 0.323 e. The van der Waals surface area contributed by atoms with Crippen molar-refractivity contribution >= 4 is 56.3 Å². The predicted octanol–water partition coefficient (Wildman–Crippen LogP) is 6.84. The van der Waals surface area contributed by atoms with Crippen molar-refractivity contribution in [3.05, 3.63) is 97.1 Å². The Bertz CT molecular complexity index is 1410. The molecule has 0 bridgehead atoms. The van der Waals surface area contributed by atoms with Crippen LogP contribution in [0.4, 0.5) is 33.2 Å². The van der Waals surface area contributed by atoms with E-state index in [0.717, 1.165) is 44.6 Å². The van der Waals surface area contributed by atoms with Crippen LogP contribution in [0.1, 0.15) is 0 Å². The second kappa shape index (κ2) is 9.11. The normalized spacial score (nSPS) is 10.8. The molecule has 0 atom stereocenters. The third-order valence-corrected chi connectivity index (χ3v) is 5.64. The van der Waals surface area contributed by atoms with E-state index in [4.69, 9.17) is 4.98 Å². The molecule has 5 aromatic rings. The summed E-state index contributed by atoms with van der Waals surface area (Å²) in [6.45, 7) is 0. The van der Waals surface area contributed by atoms with Gasteiger partial charge in [-0.15, -0.1) is 0 Å². The smallest absolute Gasteiger partial charge is 0.323 e. The van der Waals surface area contributed by atoms with Gasteiger partial charge in [0.05, 0.1) is 16.7 Å². The van der Waals surface area contributed by atoms with Crippen LogP contribution < -0.4 is 20.9 Å². The summed E-state index contributed by atoms with van der Waals surface area (Å²) in [6, 6.07) is 31.3. The molecule has 5 rings (SSSR count). The molecule has 4 aromatic carbocycles. The summed E-state index contributed by atoms with van der Waals surface area (Å²) >= 11 is 0. The van der Waals surface area contributed by atoms with Gasteiger partial charge < -0.3 is 20.9 Å². The Labute approximate surface area is 198 Å². The van der Waals surface area contributed by atoms with Crippen molar-refractivity contribution in [2.75, 3.05) is 34.9 Å². The molecule has 1 heterocycles. The van der Waals surface area contributed by atoms with Gasteiger partial charge in [0.1, 0.15) is 0 Å². The highest BCUT2D eigenvalue weighted by molar-refractivity contribution is 6.08. The van der Waals surface area contributed by atoms with E-state index in [1.54, 1.807) is 0 Å². The zero-order valence-electron chi connectivity index (χ0n) is 19.0. The van der Waals surface area contributed by atoms with E-state index in [9.17, 15) is 4.79 Å². The highest BCUT2D eigenvalue weighted by atomic mass is 16.2. The number of aromatic nitrogens is 1. The predicted molar refractivity (Wildman–Crippen MR) is 142 cm³/mol. The fourth-order valence-corrected chi connectivity index (χ4v) is 3.89. The van der Waals surface area contributed by atoms with E-state index in [-0.39, 0.29) is 6.03 Å². The molecule has 6 nitrogen and oxygen atoms in total. The maximum absolute atomic E-state index is 12.4. The Morgan fingerprint density at radius 3 is 1.65 bits per heavy atom. The number of carbonyl (C=O) groups is 1. The number of hydrogen-bond donors (Lipinski definition) is 3. The highest BCUT2D eigenvalue weighted by Crippen LogP contribution is 2.33. The van der Waals surface area contributed by atoms with Crippen LogP contribution in [0.15, 0.2) is 97.1 Å². The average Bonchev–Trinajstić information content (AvgIpc) is 2.85. The van der Waals surface area contributed by atoms with Crippen LogP contribution in [0.2, 0.25) is 0 Å². The minimum atomic E-state index is -0.288. The molecule has 168 valence electrons. The Morgan fingerprint density at radius 1 is 0.647 bits per heavy atom. The molecule has 6 heteroatoms. The number of fused-ring (bicyclic) bond motifs is 2. The summed E-state index contributed by atoms with van der Waals surface area (Å²) < 4.78 is 0. The fourth-order valence-electron chi connectivity index (χ4n) is 3.89. The molecule has 1 aromatic heterocycles. The number of anilines is 5. The quantitative estimate of drug-likeness (QED) is 0.258. The van der Waals surface area contributed by atoms with Gasteiger partial charge >= 0.3 is 6.03 Å². The second-order valence-corrected chi connectivity index (χ2v) is 8.24. The van der Waals surface area contributed by atoms with Crippen molar-refractivity contribution < 1.29 is 4.79 Å². The summed E-state index contributed by atoms with van der Waals surface area (Å²) in [7, 11) is 3.96. The van der Waals surface area contributed by atoms with Crippen LogP contribution in [0.3, 0.4) is 0 Å². The number of amides is 2. The number of hydrogen-bond acceptors (Lipinski definition) is 4. The third kappa shape index (κ3) is 4.47. The SMILES string of the molecule is CN(C)c1ccc(NC(=O)Nc2ccc(Nc3c4ccccc4nc4ccccc34)cc2)cc1. The number of pyridine rings is 1. The van der Waals surface area contributed by atoms with Crippen molar-refractivity contribution in [1.29, 1.82) is 0 Å². The molecule has 0 saturated carbocycles. The lowest BCUT2D eigenvalue weighted by atomic mass is 10.1. The fraction of sp³-hybridized carbons (Fsp3) is 0.0714. The minimum absolute atomic E-state index is 0.288. The Hall–Kier alpha value is -4.58. The molecular weight excluding hydrogens is 422 g/mol. The highest BCUT2D eigenvalue weighted by Gasteiger charge is 2.09. The monoisotopic (exact) mass is 447 g/mol. The summed E-state index contributed by atoms with van der Waals surface area (Å²) in [4.78, 5) is 19.2. The average molecular weight is 448 g/mol. The van der Waals surface area contributed by atoms with Crippen molar-refractivity contribution in [1.82, 2.24) is 4.98 Å². The van der Waals surface area contributed by atoms with Gasteiger partial charge in [-0.2, -0.15) is 0 Å². The molecule has 0 aliphatic rings. The molecule has 0 aliphatic heterocycles. The van der Waals surface area contributed by atoms with Crippen LogP contribution in [0, 0.1) is 0 Å². The number of para-hydroxylation sites is 2. The first-order chi connectivity index (χ1) is 16.6. The van der Waals surface area contributed by atoms with Gasteiger partial charge in [-0.3, -0.25) is 0 Å². The zero-order chi connectivity index (χ0) is 23.5. The minimum Gasteiger partial charge on any atom is -0.378 e. The Balaban J connectivity index is 1.32. The Morgan fingerprint density at radius 2 is 1.12 bits per heavy atom. The van der Waals surface area contributed by atoms with Gasteiger partial charge in [0.2, 0.25) is 0 Å². The lowest BCUT2D eigenvalue weighted by molar-refractivity contribution is 0.262. The summed E-state index contributed by atoms with van der Waals surface area (Å²) in [5.41, 5.74) is 6.33. The van der Waals surface area contributed by atoms with Crippen molar-refractivity contribution in [3.8, 4) is 0 Å². The lowest BCUT2D eigenvalue weighted by Crippen LogP contribution is -2.19. The van der Waals surface area contributed by atoms with Crippen LogP contribution in [0.25, 0.3) is 21.8 Å². The van der Waals surface area contributed by atoms with Crippen molar-refractivity contribution in [3.63, 3.8) is 0 Å². The van der Waals surface area contributed by atoms with E-state index in [2.05, 4.69) is 28.1 Å². The molecule has 0 aliphatic carbocycles. The summed E-state index contributed by atoms with van der Waals surface area (Å²) in [6.07, 6.45) is 0. The first-order valence-corrected chi connectivity index (χ1v) is 11.1. The number of benzene rings is 4. The third-order valence-electron chi connectivity index (χ3n) is 5.64. The molecule has 0 spiro atoms. The van der Waals surface area contributed by atoms with Crippen LogP contribution in [0.5, 0.6) is 0 Å². The van der Waals surface area contributed by atoms with Crippen molar-refractivity contribution in [2.24, 2.45) is 0 Å². The van der Waals surface area contributed by atoms with E-state index in [1.165, 1.54) is 0 Å². The van der Waals surface area contributed by atoms with Crippen LogP contribution >= 0.6 is 0 Å². The molecule has 0 unspecified atom stereocenters. The van der Waals surface area contributed by atoms with E-state index < -0.39 is 0 Å². The summed E-state index contributed by atoms with van der Waals surface area (Å²) in [5.74, 6) is 0. The van der Waals surface area contributed by atoms with Gasteiger partial charge in [0.15, 0.2) is 0 Å². The van der Waals surface area contributed by atoms with Gasteiger partial charge in [-0.05, 0) is 60.7 Å². The van der Waals surface area contributed by atoms with Crippen molar-refractivity contribution in [2.45, 2.75) is 0 Å². The maximum atomic E-state index is 12.4. The summed E-state index contributed by atoms with van der Waals surface area (Å²) in [5, 5.41) is 11.4. The number of urea groups is 1. The number of nitrogens with zero attached hydrogens (tertiary/aromatic N) is 2. The number of carbonyl (C=O) groups excluding carboxylic acids is 1. The van der Waals surface area contributed by atoms with Crippen LogP contribution in [-0.4, -0.2) is 25.1 Å². The largest absolute Gasteiger partial charge is 0.378 e. The van der Waals surface area contributed by atoms with E-state index in [1.807, 2.05) is 104 Å². The number of nitrogens with one attached hydrogen (secondary N) is 3. The second-order valence-electron chi connectivity index (χ2n) is 8.24. The number of rotatable bonds is 5. The van der Waals surface area contributed by atoms with Crippen LogP contribution in [-0.2, 0) is 0 Å². The molecule has 34 heavy (non-hydrogen) atoms. The van der Waals surface area contributed by atoms with Gasteiger partial charge in [-0.1, -0.05) is 36.4 Å². The van der Waals surface area contributed by atoms with E-state index in [0.29, 0.717) is 5.69 Å². The van der Waals surface area contributed by atoms with Gasteiger partial charge in [0.25, 0.3) is 0 Å². The molecule has 3 N–H and O–H groups in total. The Kier molecular flexibility index (Phi) is 5.70. The molecule has 0 saturated heterocycles. The topological polar surface area (TPSA) is 69.3 Å². The zero-order valence-corrected chi connectivity index (χ0v) is 19.0. The van der Waals surface area contributed by atoms with Gasteiger partial charge in [-0.25, -0.2) is 9.78 Å².